The Balaban J connectivity index is 2.86. The van der Waals surface area contributed by atoms with Gasteiger partial charge in [0.1, 0.15) is 5.52 Å². The minimum atomic E-state index is -0.995. The summed E-state index contributed by atoms with van der Waals surface area (Å²) in [6.07, 6.45) is 1.42. The van der Waals surface area contributed by atoms with Gasteiger partial charge >= 0.3 is 5.97 Å². The highest BCUT2D eigenvalue weighted by molar-refractivity contribution is 6.35. The van der Waals surface area contributed by atoms with Gasteiger partial charge < -0.3 is 10.1 Å². The van der Waals surface area contributed by atoms with Crippen LogP contribution in [0.1, 0.15) is 10.4 Å². The van der Waals surface area contributed by atoms with E-state index in [-0.39, 0.29) is 5.56 Å². The minimum absolute atomic E-state index is 0.178. The van der Waals surface area contributed by atoms with Crippen molar-refractivity contribution in [3.63, 3.8) is 0 Å². The number of hydrogen-bond donors (Lipinski definition) is 2. The number of carboxylic acids is 1. The number of H-pyrrole nitrogens is 1. The van der Waals surface area contributed by atoms with Crippen LogP contribution in [-0.2, 0) is 0 Å². The van der Waals surface area contributed by atoms with Crippen LogP contribution >= 0.6 is 11.6 Å². The van der Waals surface area contributed by atoms with Crippen molar-refractivity contribution in [3.8, 4) is 0 Å². The summed E-state index contributed by atoms with van der Waals surface area (Å²) in [6.45, 7) is 0. The zero-order chi connectivity index (χ0) is 9.42. The molecule has 0 spiro atoms. The van der Waals surface area contributed by atoms with E-state index in [1.165, 1.54) is 18.5 Å². The van der Waals surface area contributed by atoms with Crippen LogP contribution in [0.5, 0.6) is 0 Å². The first kappa shape index (κ1) is 8.07. The Kier molecular flexibility index (Phi) is 1.70. The van der Waals surface area contributed by atoms with Crippen LogP contribution < -0.4 is 0 Å². The molecule has 2 rings (SSSR count). The topological polar surface area (TPSA) is 66.0 Å². The summed E-state index contributed by atoms with van der Waals surface area (Å²) in [6, 6.07) is 2.97. The van der Waals surface area contributed by atoms with Gasteiger partial charge in [0.25, 0.3) is 0 Å². The number of halogens is 1. The predicted octanol–water partition coefficient (Wildman–Crippen LogP) is 1.91. The van der Waals surface area contributed by atoms with Gasteiger partial charge in [0.2, 0.25) is 0 Å². The van der Waals surface area contributed by atoms with Gasteiger partial charge in [0, 0.05) is 0 Å². The fourth-order valence-corrected chi connectivity index (χ4v) is 1.38. The molecule has 1 aromatic carbocycles. The van der Waals surface area contributed by atoms with Crippen molar-refractivity contribution < 1.29 is 9.90 Å². The van der Waals surface area contributed by atoms with Crippen molar-refractivity contribution in [2.75, 3.05) is 0 Å². The average Bonchev–Trinajstić information content (AvgIpc) is 2.53. The van der Waals surface area contributed by atoms with Crippen molar-refractivity contribution in [2.24, 2.45) is 0 Å². The Labute approximate surface area is 78.2 Å². The summed E-state index contributed by atoms with van der Waals surface area (Å²) in [5.41, 5.74) is 1.12. The molecule has 0 saturated heterocycles. The SMILES string of the molecule is O=C(O)c1ccc(Cl)c2nc[nH]c12. The third kappa shape index (κ3) is 1.15. The Morgan fingerprint density at radius 2 is 2.31 bits per heavy atom. The number of aromatic amines is 1. The quantitative estimate of drug-likeness (QED) is 0.732. The van der Waals surface area contributed by atoms with Gasteiger partial charge in [-0.25, -0.2) is 9.78 Å². The van der Waals surface area contributed by atoms with E-state index in [0.717, 1.165) is 0 Å². The van der Waals surface area contributed by atoms with Gasteiger partial charge in [0.15, 0.2) is 0 Å². The van der Waals surface area contributed by atoms with Crippen LogP contribution in [0.4, 0.5) is 0 Å². The molecule has 1 heterocycles. The van der Waals surface area contributed by atoms with Crippen molar-refractivity contribution in [3.05, 3.63) is 29.0 Å². The molecular formula is C8H5ClN2O2. The molecule has 5 heteroatoms. The number of hydrogen-bond acceptors (Lipinski definition) is 2. The lowest BCUT2D eigenvalue weighted by Crippen LogP contribution is -1.97. The summed E-state index contributed by atoms with van der Waals surface area (Å²) in [7, 11) is 0. The summed E-state index contributed by atoms with van der Waals surface area (Å²) < 4.78 is 0. The Bertz CT molecular complexity index is 478. The second-order valence-electron chi connectivity index (χ2n) is 2.53. The number of carboxylic acid groups (broad SMARTS) is 1. The third-order valence-corrected chi connectivity index (χ3v) is 2.07. The smallest absolute Gasteiger partial charge is 0.337 e. The molecule has 0 aliphatic heterocycles. The molecule has 0 bridgehead atoms. The monoisotopic (exact) mass is 196 g/mol. The maximum atomic E-state index is 10.7. The second kappa shape index (κ2) is 2.74. The maximum Gasteiger partial charge on any atom is 0.337 e. The van der Waals surface area contributed by atoms with E-state index in [1.807, 2.05) is 0 Å². The summed E-state index contributed by atoms with van der Waals surface area (Å²) >= 11 is 5.80. The zero-order valence-corrected chi connectivity index (χ0v) is 7.17. The highest BCUT2D eigenvalue weighted by Gasteiger charge is 2.11. The van der Waals surface area contributed by atoms with Gasteiger partial charge in [-0.1, -0.05) is 11.6 Å². The van der Waals surface area contributed by atoms with Crippen LogP contribution in [0.25, 0.3) is 11.0 Å². The standard InChI is InChI=1S/C8H5ClN2O2/c9-5-2-1-4(8(12)13)6-7(5)11-3-10-6/h1-3H,(H,10,11)(H,12,13). The number of rotatable bonds is 1. The van der Waals surface area contributed by atoms with Crippen LogP contribution in [0, 0.1) is 0 Å². The molecule has 13 heavy (non-hydrogen) atoms. The molecule has 2 N–H and O–H groups in total. The second-order valence-corrected chi connectivity index (χ2v) is 2.93. The number of fused-ring (bicyclic) bond motifs is 1. The molecule has 0 unspecified atom stereocenters. The van der Waals surface area contributed by atoms with Gasteiger partial charge in [0.05, 0.1) is 22.4 Å². The molecule has 0 atom stereocenters. The summed E-state index contributed by atoms with van der Waals surface area (Å²) in [5, 5.41) is 9.25. The van der Waals surface area contributed by atoms with E-state index in [2.05, 4.69) is 9.97 Å². The molecule has 0 radical (unpaired) electrons. The normalized spacial score (nSPS) is 10.5. The third-order valence-electron chi connectivity index (χ3n) is 1.76. The number of aromatic carboxylic acids is 1. The van der Waals surface area contributed by atoms with Crippen molar-refractivity contribution in [1.29, 1.82) is 0 Å². The molecule has 0 saturated carbocycles. The number of nitrogens with zero attached hydrogens (tertiary/aromatic N) is 1. The Hall–Kier alpha value is -1.55. The molecule has 0 amide bonds. The number of aromatic nitrogens is 2. The molecule has 2 aromatic rings. The molecule has 0 aliphatic rings. The number of benzene rings is 1. The molecule has 0 aliphatic carbocycles. The molecule has 66 valence electrons. The summed E-state index contributed by atoms with van der Waals surface area (Å²) in [4.78, 5) is 17.4. The van der Waals surface area contributed by atoms with Crippen LogP contribution in [0.2, 0.25) is 5.02 Å². The minimum Gasteiger partial charge on any atom is -0.478 e. The van der Waals surface area contributed by atoms with E-state index < -0.39 is 5.97 Å². The molecular weight excluding hydrogens is 192 g/mol. The van der Waals surface area contributed by atoms with Gasteiger partial charge in [-0.3, -0.25) is 0 Å². The van der Waals surface area contributed by atoms with E-state index in [4.69, 9.17) is 16.7 Å². The molecule has 4 nitrogen and oxygen atoms in total. The first-order chi connectivity index (χ1) is 6.20. The number of imidazole rings is 1. The lowest BCUT2D eigenvalue weighted by molar-refractivity contribution is 0.0699. The Morgan fingerprint density at radius 1 is 1.54 bits per heavy atom. The fourth-order valence-electron chi connectivity index (χ4n) is 1.18. The van der Waals surface area contributed by atoms with Crippen LogP contribution in [-0.4, -0.2) is 21.0 Å². The van der Waals surface area contributed by atoms with Gasteiger partial charge in [-0.05, 0) is 12.1 Å². The Morgan fingerprint density at radius 3 is 3.00 bits per heavy atom. The number of carbonyl (C=O) groups is 1. The van der Waals surface area contributed by atoms with E-state index >= 15 is 0 Å². The van der Waals surface area contributed by atoms with E-state index in [1.54, 1.807) is 0 Å². The van der Waals surface area contributed by atoms with Crippen molar-refractivity contribution in [1.82, 2.24) is 9.97 Å². The fraction of sp³-hybridized carbons (Fsp3) is 0. The van der Waals surface area contributed by atoms with Crippen molar-refractivity contribution in [2.45, 2.75) is 0 Å². The van der Waals surface area contributed by atoms with Crippen molar-refractivity contribution >= 4 is 28.6 Å². The summed E-state index contributed by atoms with van der Waals surface area (Å²) in [5.74, 6) is -0.995. The zero-order valence-electron chi connectivity index (χ0n) is 6.41. The highest BCUT2D eigenvalue weighted by Crippen LogP contribution is 2.23. The maximum absolute atomic E-state index is 10.7. The lowest BCUT2D eigenvalue weighted by Gasteiger charge is -1.96. The largest absolute Gasteiger partial charge is 0.478 e. The van der Waals surface area contributed by atoms with Gasteiger partial charge in [-0.2, -0.15) is 0 Å². The first-order valence-electron chi connectivity index (χ1n) is 3.55. The molecule has 0 fully saturated rings. The first-order valence-corrected chi connectivity index (χ1v) is 3.93. The van der Waals surface area contributed by atoms with Crippen LogP contribution in [0.15, 0.2) is 18.5 Å². The van der Waals surface area contributed by atoms with Crippen LogP contribution in [0.3, 0.4) is 0 Å². The molecule has 1 aromatic heterocycles. The lowest BCUT2D eigenvalue weighted by atomic mass is 10.2. The van der Waals surface area contributed by atoms with E-state index in [0.29, 0.717) is 16.1 Å². The highest BCUT2D eigenvalue weighted by atomic mass is 35.5. The van der Waals surface area contributed by atoms with Gasteiger partial charge in [-0.15, -0.1) is 0 Å². The average molecular weight is 197 g/mol. The van der Waals surface area contributed by atoms with E-state index in [9.17, 15) is 4.79 Å². The number of nitrogens with one attached hydrogen (secondary N) is 1. The predicted molar refractivity (Wildman–Crippen MR) is 48.1 cm³/mol.